The zero-order chi connectivity index (χ0) is 22.5. The number of pyridine rings is 1. The first-order valence-corrected chi connectivity index (χ1v) is 12.4. The van der Waals surface area contributed by atoms with Gasteiger partial charge in [-0.15, -0.1) is 21.5 Å². The van der Waals surface area contributed by atoms with Crippen molar-refractivity contribution in [1.29, 1.82) is 0 Å². The number of thiazole rings is 1. The molecule has 33 heavy (non-hydrogen) atoms. The summed E-state index contributed by atoms with van der Waals surface area (Å²) in [7, 11) is 0. The highest BCUT2D eigenvalue weighted by molar-refractivity contribution is 7.98. The van der Waals surface area contributed by atoms with E-state index in [0.29, 0.717) is 12.3 Å². The molecule has 0 fully saturated rings. The molecule has 1 N–H and O–H groups in total. The van der Waals surface area contributed by atoms with Crippen LogP contribution in [0.15, 0.2) is 89.7 Å². The molecular weight excluding hydrogens is 448 g/mol. The van der Waals surface area contributed by atoms with Crippen molar-refractivity contribution in [2.75, 3.05) is 5.32 Å². The maximum Gasteiger partial charge on any atom is 0.192 e. The van der Waals surface area contributed by atoms with Crippen LogP contribution >= 0.6 is 23.1 Å². The summed E-state index contributed by atoms with van der Waals surface area (Å²) in [5.74, 6) is 1.53. The molecule has 6 nitrogen and oxygen atoms in total. The Morgan fingerprint density at radius 3 is 2.61 bits per heavy atom. The molecule has 164 valence electrons. The Bertz CT molecular complexity index is 1310. The van der Waals surface area contributed by atoms with Crippen molar-refractivity contribution in [1.82, 2.24) is 24.7 Å². The van der Waals surface area contributed by atoms with Gasteiger partial charge in [0, 0.05) is 34.8 Å². The summed E-state index contributed by atoms with van der Waals surface area (Å²) in [6.07, 6.45) is 3.59. The van der Waals surface area contributed by atoms with Gasteiger partial charge in [0.25, 0.3) is 0 Å². The van der Waals surface area contributed by atoms with E-state index in [0.717, 1.165) is 33.1 Å². The zero-order valence-electron chi connectivity index (χ0n) is 18.0. The molecule has 3 aromatic heterocycles. The highest BCUT2D eigenvalue weighted by Crippen LogP contribution is 2.29. The summed E-state index contributed by atoms with van der Waals surface area (Å²) in [6, 6.07) is 22.6. The van der Waals surface area contributed by atoms with Gasteiger partial charge in [-0.3, -0.25) is 9.55 Å². The zero-order valence-corrected chi connectivity index (χ0v) is 19.7. The lowest BCUT2D eigenvalue weighted by atomic mass is 10.2. The van der Waals surface area contributed by atoms with Crippen molar-refractivity contribution in [2.45, 2.75) is 24.4 Å². The van der Waals surface area contributed by atoms with Gasteiger partial charge in [-0.1, -0.05) is 59.8 Å². The third-order valence-electron chi connectivity index (χ3n) is 5.02. The Morgan fingerprint density at radius 2 is 1.82 bits per heavy atom. The van der Waals surface area contributed by atoms with E-state index in [1.165, 1.54) is 11.1 Å². The lowest BCUT2D eigenvalue weighted by molar-refractivity contribution is 0.714. The minimum atomic E-state index is 0.692. The number of anilines is 2. The number of hydrogen-bond donors (Lipinski definition) is 1. The van der Waals surface area contributed by atoms with E-state index < -0.39 is 0 Å². The fourth-order valence-electron chi connectivity index (χ4n) is 3.34. The molecule has 0 aliphatic rings. The van der Waals surface area contributed by atoms with E-state index >= 15 is 0 Å². The number of rotatable bonds is 8. The smallest absolute Gasteiger partial charge is 0.192 e. The summed E-state index contributed by atoms with van der Waals surface area (Å²) in [6.45, 7) is 2.77. The SMILES string of the molecule is Cc1ccc(Nc2nc(CSc3nnc(-c4cccnc4)n3Cc3ccccc3)cs2)cc1. The molecule has 0 aliphatic heterocycles. The number of hydrogen-bond acceptors (Lipinski definition) is 7. The summed E-state index contributed by atoms with van der Waals surface area (Å²) >= 11 is 3.25. The van der Waals surface area contributed by atoms with Crippen molar-refractivity contribution >= 4 is 33.9 Å². The van der Waals surface area contributed by atoms with E-state index in [1.54, 1.807) is 29.3 Å². The van der Waals surface area contributed by atoms with Crippen LogP contribution in [0.2, 0.25) is 0 Å². The minimum Gasteiger partial charge on any atom is -0.332 e. The summed E-state index contributed by atoms with van der Waals surface area (Å²) in [5.41, 5.74) is 5.44. The molecule has 3 heterocycles. The molecule has 0 saturated heterocycles. The number of nitrogens with one attached hydrogen (secondary N) is 1. The lowest BCUT2D eigenvalue weighted by Gasteiger charge is -2.10. The second-order valence-electron chi connectivity index (χ2n) is 7.54. The van der Waals surface area contributed by atoms with Crippen LogP contribution in [0, 0.1) is 6.92 Å². The van der Waals surface area contributed by atoms with E-state index in [2.05, 4.69) is 73.8 Å². The van der Waals surface area contributed by atoms with E-state index in [4.69, 9.17) is 4.98 Å². The van der Waals surface area contributed by atoms with Crippen LogP contribution in [0.4, 0.5) is 10.8 Å². The minimum absolute atomic E-state index is 0.692. The Labute approximate surface area is 200 Å². The highest BCUT2D eigenvalue weighted by atomic mass is 32.2. The first-order chi connectivity index (χ1) is 16.2. The topological polar surface area (TPSA) is 68.5 Å². The van der Waals surface area contributed by atoms with Crippen LogP contribution < -0.4 is 5.32 Å². The van der Waals surface area contributed by atoms with Crippen LogP contribution in [0.25, 0.3) is 11.4 Å². The highest BCUT2D eigenvalue weighted by Gasteiger charge is 2.16. The van der Waals surface area contributed by atoms with Gasteiger partial charge in [-0.2, -0.15) is 0 Å². The Balaban J connectivity index is 1.33. The molecule has 8 heteroatoms. The van der Waals surface area contributed by atoms with Gasteiger partial charge in [-0.05, 0) is 36.8 Å². The quantitative estimate of drug-likeness (QED) is 0.273. The van der Waals surface area contributed by atoms with Crippen molar-refractivity contribution in [3.8, 4) is 11.4 Å². The molecule has 0 bridgehead atoms. The molecule has 0 spiro atoms. The molecule has 5 aromatic rings. The monoisotopic (exact) mass is 470 g/mol. The molecule has 0 radical (unpaired) electrons. The number of benzene rings is 2. The average molecular weight is 471 g/mol. The fourth-order valence-corrected chi connectivity index (χ4v) is 5.01. The molecule has 0 saturated carbocycles. The van der Waals surface area contributed by atoms with Crippen LogP contribution in [-0.4, -0.2) is 24.7 Å². The lowest BCUT2D eigenvalue weighted by Crippen LogP contribution is -2.04. The summed E-state index contributed by atoms with van der Waals surface area (Å²) in [5, 5.41) is 16.2. The average Bonchev–Trinajstić information content (AvgIpc) is 3.47. The van der Waals surface area contributed by atoms with Crippen molar-refractivity contribution in [3.63, 3.8) is 0 Å². The summed E-state index contributed by atoms with van der Waals surface area (Å²) in [4.78, 5) is 8.99. The first-order valence-electron chi connectivity index (χ1n) is 10.5. The van der Waals surface area contributed by atoms with Crippen LogP contribution in [-0.2, 0) is 12.3 Å². The summed E-state index contributed by atoms with van der Waals surface area (Å²) < 4.78 is 2.15. The number of aryl methyl sites for hydroxylation is 1. The third kappa shape index (κ3) is 5.30. The third-order valence-corrected chi connectivity index (χ3v) is 6.83. The molecule has 0 aliphatic carbocycles. The van der Waals surface area contributed by atoms with Crippen molar-refractivity contribution < 1.29 is 0 Å². The maximum absolute atomic E-state index is 4.74. The largest absolute Gasteiger partial charge is 0.332 e. The standard InChI is InChI=1S/C25H22N6S2/c1-18-9-11-21(12-10-18)27-24-28-22(16-32-24)17-33-25-30-29-23(20-8-5-13-26-14-20)31(25)15-19-6-3-2-4-7-19/h2-14,16H,15,17H2,1H3,(H,27,28). The van der Waals surface area contributed by atoms with Crippen LogP contribution in [0.1, 0.15) is 16.8 Å². The molecule has 0 amide bonds. The second-order valence-corrected chi connectivity index (χ2v) is 9.34. The normalized spacial score (nSPS) is 10.9. The molecule has 0 unspecified atom stereocenters. The van der Waals surface area contributed by atoms with Gasteiger partial charge in [0.1, 0.15) is 0 Å². The van der Waals surface area contributed by atoms with Gasteiger partial charge >= 0.3 is 0 Å². The van der Waals surface area contributed by atoms with Gasteiger partial charge in [0.15, 0.2) is 16.1 Å². The number of thioether (sulfide) groups is 1. The molecule has 0 atom stereocenters. The Morgan fingerprint density at radius 1 is 0.970 bits per heavy atom. The molecular formula is C25H22N6S2. The Kier molecular flexibility index (Phi) is 6.46. The number of aromatic nitrogens is 5. The predicted molar refractivity (Wildman–Crippen MR) is 135 cm³/mol. The van der Waals surface area contributed by atoms with Crippen LogP contribution in [0.3, 0.4) is 0 Å². The predicted octanol–water partition coefficient (Wildman–Crippen LogP) is 6.19. The van der Waals surface area contributed by atoms with Crippen molar-refractivity contribution in [3.05, 3.63) is 101 Å². The Hall–Kier alpha value is -3.49. The van der Waals surface area contributed by atoms with Gasteiger partial charge < -0.3 is 5.32 Å². The fraction of sp³-hybridized carbons (Fsp3) is 0.120. The van der Waals surface area contributed by atoms with E-state index in [1.807, 2.05) is 36.5 Å². The van der Waals surface area contributed by atoms with Gasteiger partial charge in [-0.25, -0.2) is 4.98 Å². The maximum atomic E-state index is 4.74. The first kappa shape index (κ1) is 21.4. The van der Waals surface area contributed by atoms with E-state index in [9.17, 15) is 0 Å². The van der Waals surface area contributed by atoms with Gasteiger partial charge in [0.2, 0.25) is 0 Å². The molecule has 2 aromatic carbocycles. The van der Waals surface area contributed by atoms with Crippen molar-refractivity contribution in [2.24, 2.45) is 0 Å². The molecule has 5 rings (SSSR count). The number of nitrogens with zero attached hydrogens (tertiary/aromatic N) is 5. The van der Waals surface area contributed by atoms with Crippen LogP contribution in [0.5, 0.6) is 0 Å². The second kappa shape index (κ2) is 9.97. The van der Waals surface area contributed by atoms with Gasteiger partial charge in [0.05, 0.1) is 12.2 Å². The van der Waals surface area contributed by atoms with E-state index in [-0.39, 0.29) is 0 Å².